The Kier molecular flexibility index (Phi) is 6.71. The molecule has 28 heavy (non-hydrogen) atoms. The molecule has 0 aliphatic carbocycles. The van der Waals surface area contributed by atoms with Crippen LogP contribution in [-0.4, -0.2) is 34.4 Å². The van der Waals surface area contributed by atoms with Crippen molar-refractivity contribution in [2.45, 2.75) is 25.0 Å². The molecule has 0 fully saturated rings. The Labute approximate surface area is 167 Å². The second kappa shape index (κ2) is 9.41. The van der Waals surface area contributed by atoms with Crippen molar-refractivity contribution in [3.8, 4) is 5.75 Å². The summed E-state index contributed by atoms with van der Waals surface area (Å²) < 4.78 is 7.19. The fourth-order valence-electron chi connectivity index (χ4n) is 2.74. The predicted molar refractivity (Wildman–Crippen MR) is 112 cm³/mol. The van der Waals surface area contributed by atoms with Crippen LogP contribution in [0.3, 0.4) is 0 Å². The molecule has 0 spiro atoms. The Hall–Kier alpha value is -2.80. The number of aromatic nitrogens is 2. The van der Waals surface area contributed by atoms with E-state index in [0.29, 0.717) is 29.2 Å². The van der Waals surface area contributed by atoms with Crippen LogP contribution in [0.25, 0.3) is 10.9 Å². The average Bonchev–Trinajstić information content (AvgIpc) is 2.70. The van der Waals surface area contributed by atoms with Gasteiger partial charge in [0.1, 0.15) is 12.4 Å². The highest BCUT2D eigenvalue weighted by molar-refractivity contribution is 7.99. The van der Waals surface area contributed by atoms with Gasteiger partial charge in [-0.1, -0.05) is 42.1 Å². The van der Waals surface area contributed by atoms with E-state index >= 15 is 0 Å². The van der Waals surface area contributed by atoms with Gasteiger partial charge in [-0.3, -0.25) is 14.2 Å². The van der Waals surface area contributed by atoms with Crippen LogP contribution in [-0.2, 0) is 4.79 Å². The van der Waals surface area contributed by atoms with Gasteiger partial charge in [0, 0.05) is 6.04 Å². The van der Waals surface area contributed by atoms with Crippen LogP contribution in [0.4, 0.5) is 0 Å². The maximum absolute atomic E-state index is 12.8. The highest BCUT2D eigenvalue weighted by atomic mass is 32.2. The van der Waals surface area contributed by atoms with Gasteiger partial charge in [0.25, 0.3) is 5.56 Å². The van der Waals surface area contributed by atoms with Crippen LogP contribution < -0.4 is 15.6 Å². The van der Waals surface area contributed by atoms with E-state index in [-0.39, 0.29) is 23.3 Å². The van der Waals surface area contributed by atoms with E-state index in [2.05, 4.69) is 10.3 Å². The summed E-state index contributed by atoms with van der Waals surface area (Å²) in [5.41, 5.74) is 0.559. The molecule has 3 aromatic rings. The largest absolute Gasteiger partial charge is 0.492 e. The maximum Gasteiger partial charge on any atom is 0.262 e. The molecule has 7 heteroatoms. The van der Waals surface area contributed by atoms with E-state index in [1.165, 1.54) is 11.8 Å². The van der Waals surface area contributed by atoms with Gasteiger partial charge < -0.3 is 10.1 Å². The first-order valence-electron chi connectivity index (χ1n) is 9.15. The number of thioether (sulfide) groups is 1. The van der Waals surface area contributed by atoms with E-state index < -0.39 is 0 Å². The quantitative estimate of drug-likeness (QED) is 0.359. The molecule has 0 atom stereocenters. The smallest absolute Gasteiger partial charge is 0.262 e. The third kappa shape index (κ3) is 4.92. The maximum atomic E-state index is 12.8. The van der Waals surface area contributed by atoms with Gasteiger partial charge in [0.2, 0.25) is 5.91 Å². The molecule has 1 N–H and O–H groups in total. The Morgan fingerprint density at radius 2 is 1.86 bits per heavy atom. The number of amides is 1. The summed E-state index contributed by atoms with van der Waals surface area (Å²) in [5, 5.41) is 3.96. The Bertz CT molecular complexity index is 1000. The number of nitrogens with zero attached hydrogens (tertiary/aromatic N) is 2. The number of hydrogen-bond donors (Lipinski definition) is 1. The summed E-state index contributed by atoms with van der Waals surface area (Å²) in [6.07, 6.45) is 0. The molecule has 0 unspecified atom stereocenters. The monoisotopic (exact) mass is 397 g/mol. The standard InChI is InChI=1S/C21H23N3O3S/c1-15(2)24-20(26)17-10-6-7-11-18(17)23-21(24)28-14-19(25)22-12-13-27-16-8-4-3-5-9-16/h3-11,15H,12-14H2,1-2H3,(H,22,25). The molecule has 1 aromatic heterocycles. The van der Waals surface area contributed by atoms with E-state index in [4.69, 9.17) is 4.74 Å². The zero-order chi connectivity index (χ0) is 19.9. The fraction of sp³-hybridized carbons (Fsp3) is 0.286. The zero-order valence-corrected chi connectivity index (χ0v) is 16.7. The number of rotatable bonds is 8. The molecule has 3 rings (SSSR count). The molecule has 1 amide bonds. The molecule has 0 bridgehead atoms. The van der Waals surface area contributed by atoms with Gasteiger partial charge in [-0.25, -0.2) is 4.98 Å². The Morgan fingerprint density at radius 1 is 1.14 bits per heavy atom. The summed E-state index contributed by atoms with van der Waals surface area (Å²) in [6.45, 7) is 4.67. The number of hydrogen-bond acceptors (Lipinski definition) is 5. The third-order valence-corrected chi connectivity index (χ3v) is 5.01. The molecule has 1 heterocycles. The van der Waals surface area contributed by atoms with Crippen molar-refractivity contribution in [3.63, 3.8) is 0 Å². The Morgan fingerprint density at radius 3 is 2.61 bits per heavy atom. The van der Waals surface area contributed by atoms with Crippen molar-refractivity contribution < 1.29 is 9.53 Å². The summed E-state index contributed by atoms with van der Waals surface area (Å²) >= 11 is 1.27. The van der Waals surface area contributed by atoms with Crippen molar-refractivity contribution in [1.82, 2.24) is 14.9 Å². The second-order valence-electron chi connectivity index (χ2n) is 6.48. The molecular formula is C21H23N3O3S. The van der Waals surface area contributed by atoms with Gasteiger partial charge >= 0.3 is 0 Å². The second-order valence-corrected chi connectivity index (χ2v) is 7.42. The molecule has 0 aliphatic rings. The first kappa shape index (κ1) is 19.9. The lowest BCUT2D eigenvalue weighted by molar-refractivity contribution is -0.118. The predicted octanol–water partition coefficient (Wildman–Crippen LogP) is 3.26. The third-order valence-electron chi connectivity index (χ3n) is 4.06. The number of nitrogens with one attached hydrogen (secondary N) is 1. The van der Waals surface area contributed by atoms with Crippen LogP contribution >= 0.6 is 11.8 Å². The van der Waals surface area contributed by atoms with Crippen LogP contribution in [0.15, 0.2) is 64.5 Å². The molecule has 2 aromatic carbocycles. The zero-order valence-electron chi connectivity index (χ0n) is 15.9. The number of ether oxygens (including phenoxy) is 1. The number of carbonyl (C=O) groups is 1. The lowest BCUT2D eigenvalue weighted by atomic mass is 10.2. The topological polar surface area (TPSA) is 73.2 Å². The van der Waals surface area contributed by atoms with Crippen molar-refractivity contribution in [1.29, 1.82) is 0 Å². The molecule has 0 saturated carbocycles. The van der Waals surface area contributed by atoms with Crippen molar-refractivity contribution in [3.05, 3.63) is 65.0 Å². The van der Waals surface area contributed by atoms with Gasteiger partial charge in [-0.15, -0.1) is 0 Å². The summed E-state index contributed by atoms with van der Waals surface area (Å²) in [5.74, 6) is 0.829. The molecule has 146 valence electrons. The van der Waals surface area contributed by atoms with Crippen LogP contribution in [0.1, 0.15) is 19.9 Å². The molecule has 0 saturated heterocycles. The van der Waals surface area contributed by atoms with Gasteiger partial charge in [0.05, 0.1) is 23.2 Å². The highest BCUT2D eigenvalue weighted by Gasteiger charge is 2.15. The number of carbonyl (C=O) groups excluding carboxylic acids is 1. The van der Waals surface area contributed by atoms with Crippen LogP contribution in [0, 0.1) is 0 Å². The number of para-hydroxylation sites is 2. The summed E-state index contributed by atoms with van der Waals surface area (Å²) in [6, 6.07) is 16.7. The van der Waals surface area contributed by atoms with E-state index in [1.54, 1.807) is 10.6 Å². The minimum atomic E-state index is -0.126. The number of fused-ring (bicyclic) bond motifs is 1. The fourth-order valence-corrected chi connectivity index (χ4v) is 3.70. The molecule has 0 radical (unpaired) electrons. The average molecular weight is 398 g/mol. The normalized spacial score (nSPS) is 11.0. The highest BCUT2D eigenvalue weighted by Crippen LogP contribution is 2.20. The van der Waals surface area contributed by atoms with E-state index in [0.717, 1.165) is 5.75 Å². The van der Waals surface area contributed by atoms with Crippen molar-refractivity contribution in [2.75, 3.05) is 18.9 Å². The van der Waals surface area contributed by atoms with Crippen molar-refractivity contribution >= 4 is 28.6 Å². The van der Waals surface area contributed by atoms with E-state index in [9.17, 15) is 9.59 Å². The number of benzene rings is 2. The minimum absolute atomic E-state index is 0.0468. The molecule has 6 nitrogen and oxygen atoms in total. The summed E-state index contributed by atoms with van der Waals surface area (Å²) in [7, 11) is 0. The van der Waals surface area contributed by atoms with E-state index in [1.807, 2.05) is 62.4 Å². The first-order chi connectivity index (χ1) is 13.6. The minimum Gasteiger partial charge on any atom is -0.492 e. The molecule has 0 aliphatic heterocycles. The lowest BCUT2D eigenvalue weighted by Crippen LogP contribution is -2.30. The Balaban J connectivity index is 1.59. The van der Waals surface area contributed by atoms with Crippen LogP contribution in [0.5, 0.6) is 5.75 Å². The lowest BCUT2D eigenvalue weighted by Gasteiger charge is -2.16. The first-order valence-corrected chi connectivity index (χ1v) is 10.1. The van der Waals surface area contributed by atoms with Crippen molar-refractivity contribution in [2.24, 2.45) is 0 Å². The van der Waals surface area contributed by atoms with Gasteiger partial charge in [-0.05, 0) is 38.1 Å². The van der Waals surface area contributed by atoms with Gasteiger partial charge in [-0.2, -0.15) is 0 Å². The van der Waals surface area contributed by atoms with Gasteiger partial charge in [0.15, 0.2) is 5.16 Å². The summed E-state index contributed by atoms with van der Waals surface area (Å²) in [4.78, 5) is 29.5. The SMILES string of the molecule is CC(C)n1c(SCC(=O)NCCOc2ccccc2)nc2ccccc2c1=O. The molecular weight excluding hydrogens is 374 g/mol. The van der Waals surface area contributed by atoms with Crippen LogP contribution in [0.2, 0.25) is 0 Å².